The molecule has 2 rings (SSSR count). The second-order valence-electron chi connectivity index (χ2n) is 3.71. The quantitative estimate of drug-likeness (QED) is 0.608. The maximum Gasteiger partial charge on any atom is 0.425 e. The molecule has 1 aromatic heterocycles. The summed E-state index contributed by atoms with van der Waals surface area (Å²) in [6.07, 6.45) is 2.05. The molecule has 1 aromatic rings. The molecule has 2 N–H and O–H groups in total. The zero-order valence-electron chi connectivity index (χ0n) is 9.57. The second-order valence-corrected chi connectivity index (χ2v) is 3.71. The van der Waals surface area contributed by atoms with E-state index in [0.717, 1.165) is 5.56 Å². The summed E-state index contributed by atoms with van der Waals surface area (Å²) < 4.78 is 10.4. The van der Waals surface area contributed by atoms with Gasteiger partial charge in [0.25, 0.3) is 0 Å². The molecule has 0 radical (unpaired) electrons. The first-order chi connectivity index (χ1) is 8.77. The van der Waals surface area contributed by atoms with Crippen LogP contribution in [0.1, 0.15) is 5.56 Å². The van der Waals surface area contributed by atoms with Crippen molar-refractivity contribution in [2.24, 2.45) is 11.0 Å². The Bertz CT molecular complexity index is 429. The maximum atomic E-state index is 10.5. The molecule has 1 amide bonds. The predicted molar refractivity (Wildman–Crippen MR) is 62.2 cm³/mol. The van der Waals surface area contributed by atoms with Crippen LogP contribution >= 0.6 is 0 Å². The summed E-state index contributed by atoms with van der Waals surface area (Å²) in [5.41, 5.74) is 3.31. The van der Waals surface area contributed by atoms with Gasteiger partial charge in [-0.15, -0.1) is 0 Å². The van der Waals surface area contributed by atoms with E-state index in [4.69, 9.17) is 14.6 Å². The van der Waals surface area contributed by atoms with E-state index in [-0.39, 0.29) is 12.7 Å². The van der Waals surface area contributed by atoms with Crippen molar-refractivity contribution in [1.29, 1.82) is 0 Å². The SMILES string of the molecule is O=C(O)N/N=C(/c1cccnc1)C1COCOC1. The lowest BCUT2D eigenvalue weighted by Crippen LogP contribution is -2.33. The van der Waals surface area contributed by atoms with Gasteiger partial charge in [-0.05, 0) is 12.1 Å². The molecule has 1 aliphatic heterocycles. The number of amides is 1. The highest BCUT2D eigenvalue weighted by molar-refractivity contribution is 6.02. The Labute approximate surface area is 103 Å². The molecule has 0 bridgehead atoms. The number of aromatic nitrogens is 1. The number of hydrazone groups is 1. The summed E-state index contributed by atoms with van der Waals surface area (Å²) in [7, 11) is 0. The summed E-state index contributed by atoms with van der Waals surface area (Å²) >= 11 is 0. The number of pyridine rings is 1. The minimum atomic E-state index is -1.21. The number of carbonyl (C=O) groups is 1. The van der Waals surface area contributed by atoms with Gasteiger partial charge in [0.15, 0.2) is 0 Å². The van der Waals surface area contributed by atoms with Gasteiger partial charge in [-0.1, -0.05) is 0 Å². The van der Waals surface area contributed by atoms with E-state index in [1.807, 2.05) is 11.5 Å². The Balaban J connectivity index is 2.22. The number of carboxylic acid groups (broad SMARTS) is 1. The molecular formula is C11H13N3O4. The number of ether oxygens (including phenoxy) is 2. The molecule has 0 atom stereocenters. The molecule has 18 heavy (non-hydrogen) atoms. The van der Waals surface area contributed by atoms with Crippen molar-refractivity contribution in [1.82, 2.24) is 10.4 Å². The number of nitrogens with one attached hydrogen (secondary N) is 1. The van der Waals surface area contributed by atoms with E-state index in [1.54, 1.807) is 18.5 Å². The first kappa shape index (κ1) is 12.5. The fourth-order valence-electron chi connectivity index (χ4n) is 1.66. The summed E-state index contributed by atoms with van der Waals surface area (Å²) in [4.78, 5) is 14.5. The molecule has 0 aliphatic carbocycles. The zero-order chi connectivity index (χ0) is 12.8. The molecule has 96 valence electrons. The van der Waals surface area contributed by atoms with E-state index in [9.17, 15) is 4.79 Å². The van der Waals surface area contributed by atoms with Crippen LogP contribution in [-0.4, -0.2) is 41.9 Å². The predicted octanol–water partition coefficient (Wildman–Crippen LogP) is 0.674. The van der Waals surface area contributed by atoms with Crippen LogP contribution in [0.5, 0.6) is 0 Å². The maximum absolute atomic E-state index is 10.5. The normalized spacial score (nSPS) is 17.4. The standard InChI is InChI=1S/C11H13N3O4/c15-11(16)14-13-10(8-2-1-3-12-4-8)9-5-17-7-18-6-9/h1-4,9,14H,5-7H2,(H,15,16)/b13-10-. The van der Waals surface area contributed by atoms with Crippen LogP contribution in [0.4, 0.5) is 4.79 Å². The monoisotopic (exact) mass is 251 g/mol. The first-order valence-corrected chi connectivity index (χ1v) is 5.40. The van der Waals surface area contributed by atoms with Crippen LogP contribution in [-0.2, 0) is 9.47 Å². The van der Waals surface area contributed by atoms with Gasteiger partial charge in [0.05, 0.1) is 24.8 Å². The lowest BCUT2D eigenvalue weighted by molar-refractivity contribution is -0.111. The zero-order valence-corrected chi connectivity index (χ0v) is 9.57. The minimum absolute atomic E-state index is 0.116. The van der Waals surface area contributed by atoms with Crippen molar-refractivity contribution in [3.05, 3.63) is 30.1 Å². The third-order valence-electron chi connectivity index (χ3n) is 2.42. The van der Waals surface area contributed by atoms with Gasteiger partial charge >= 0.3 is 6.09 Å². The molecule has 2 heterocycles. The van der Waals surface area contributed by atoms with E-state index < -0.39 is 6.09 Å². The highest BCUT2D eigenvalue weighted by Gasteiger charge is 2.22. The largest absolute Gasteiger partial charge is 0.464 e. The lowest BCUT2D eigenvalue weighted by atomic mass is 9.99. The Morgan fingerprint density at radius 1 is 1.50 bits per heavy atom. The third kappa shape index (κ3) is 3.25. The van der Waals surface area contributed by atoms with E-state index in [2.05, 4.69) is 10.1 Å². The fourth-order valence-corrected chi connectivity index (χ4v) is 1.66. The average Bonchev–Trinajstić information content (AvgIpc) is 2.41. The van der Waals surface area contributed by atoms with Crippen molar-refractivity contribution in [2.75, 3.05) is 20.0 Å². The number of hydrogen-bond acceptors (Lipinski definition) is 5. The fraction of sp³-hybridized carbons (Fsp3) is 0.364. The van der Waals surface area contributed by atoms with Crippen LogP contribution in [0.2, 0.25) is 0 Å². The molecular weight excluding hydrogens is 238 g/mol. The topological polar surface area (TPSA) is 93.0 Å². The average molecular weight is 251 g/mol. The van der Waals surface area contributed by atoms with Crippen LogP contribution < -0.4 is 5.43 Å². The first-order valence-electron chi connectivity index (χ1n) is 5.40. The van der Waals surface area contributed by atoms with Crippen molar-refractivity contribution in [3.63, 3.8) is 0 Å². The van der Waals surface area contributed by atoms with Crippen molar-refractivity contribution in [2.45, 2.75) is 0 Å². The van der Waals surface area contributed by atoms with Crippen molar-refractivity contribution >= 4 is 11.8 Å². The highest BCUT2D eigenvalue weighted by atomic mass is 16.7. The third-order valence-corrected chi connectivity index (χ3v) is 2.42. The van der Waals surface area contributed by atoms with Gasteiger partial charge in [0, 0.05) is 18.0 Å². The molecule has 7 nitrogen and oxygen atoms in total. The number of nitrogens with zero attached hydrogens (tertiary/aromatic N) is 2. The van der Waals surface area contributed by atoms with Gasteiger partial charge in [-0.2, -0.15) is 5.10 Å². The molecule has 0 saturated carbocycles. The highest BCUT2D eigenvalue weighted by Crippen LogP contribution is 2.13. The van der Waals surface area contributed by atoms with Crippen molar-refractivity contribution in [3.8, 4) is 0 Å². The molecule has 0 aromatic carbocycles. The van der Waals surface area contributed by atoms with E-state index in [0.29, 0.717) is 18.9 Å². The molecule has 0 spiro atoms. The lowest BCUT2D eigenvalue weighted by Gasteiger charge is -2.23. The van der Waals surface area contributed by atoms with Crippen molar-refractivity contribution < 1.29 is 19.4 Å². The summed E-state index contributed by atoms with van der Waals surface area (Å²) in [5, 5.41) is 12.5. The number of rotatable bonds is 3. The van der Waals surface area contributed by atoms with Crippen LogP contribution in [0.25, 0.3) is 0 Å². The molecule has 0 unspecified atom stereocenters. The van der Waals surface area contributed by atoms with Gasteiger partial charge in [-0.3, -0.25) is 4.98 Å². The second kappa shape index (κ2) is 6.08. The van der Waals surface area contributed by atoms with Gasteiger partial charge in [0.2, 0.25) is 0 Å². The minimum Gasteiger partial charge on any atom is -0.464 e. The van der Waals surface area contributed by atoms with Gasteiger partial charge in [-0.25, -0.2) is 10.2 Å². The van der Waals surface area contributed by atoms with Crippen LogP contribution in [0.3, 0.4) is 0 Å². The van der Waals surface area contributed by atoms with Crippen LogP contribution in [0.15, 0.2) is 29.6 Å². The van der Waals surface area contributed by atoms with E-state index >= 15 is 0 Å². The van der Waals surface area contributed by atoms with Crippen LogP contribution in [0, 0.1) is 5.92 Å². The Hall–Kier alpha value is -1.99. The summed E-state index contributed by atoms with van der Waals surface area (Å²) in [6, 6.07) is 3.57. The van der Waals surface area contributed by atoms with Gasteiger partial charge in [0.1, 0.15) is 6.79 Å². The molecule has 1 aliphatic rings. The smallest absolute Gasteiger partial charge is 0.425 e. The number of hydrogen-bond donors (Lipinski definition) is 2. The Morgan fingerprint density at radius 2 is 2.28 bits per heavy atom. The van der Waals surface area contributed by atoms with E-state index in [1.165, 1.54) is 0 Å². The Morgan fingerprint density at radius 3 is 2.89 bits per heavy atom. The Kier molecular flexibility index (Phi) is 4.21. The summed E-state index contributed by atoms with van der Waals surface area (Å²) in [6.45, 7) is 1.13. The van der Waals surface area contributed by atoms with Gasteiger partial charge < -0.3 is 14.6 Å². The molecule has 7 heteroatoms. The molecule has 1 saturated heterocycles. The summed E-state index contributed by atoms with van der Waals surface area (Å²) in [5.74, 6) is -0.116. The molecule has 1 fully saturated rings.